The van der Waals surface area contributed by atoms with Crippen molar-refractivity contribution < 1.29 is 63.2 Å². The number of hydrogen-bond acceptors (Lipinski definition) is 0. The zero-order valence-electron chi connectivity index (χ0n) is 1.53. The van der Waals surface area contributed by atoms with Gasteiger partial charge in [-0.1, -0.05) is 0 Å². The fraction of sp³-hybridized carbons (Fsp3) is 0. The molecule has 0 heterocycles. The summed E-state index contributed by atoms with van der Waals surface area (Å²) >= 11 is 0. The molecule has 3 radical (unpaired) electrons. The van der Waals surface area contributed by atoms with Crippen LogP contribution in [0, 0.1) is 0 Å². The first-order valence-electron chi connectivity index (χ1n) is 0. The molecule has 0 saturated carbocycles. The van der Waals surface area contributed by atoms with Gasteiger partial charge in [-0.05, 0) is 0 Å². The van der Waals surface area contributed by atoms with Gasteiger partial charge in [-0.15, -0.1) is 0 Å². The SMILES string of the molecule is [Ga].[Pt].[Pt].[Pt]. The van der Waals surface area contributed by atoms with Crippen molar-refractivity contribution >= 4 is 19.8 Å². The molecule has 4 heavy (non-hydrogen) atoms. The van der Waals surface area contributed by atoms with Crippen LogP contribution in [0.5, 0.6) is 0 Å². The van der Waals surface area contributed by atoms with Crippen molar-refractivity contribution in [3.8, 4) is 0 Å². The zero-order valence-corrected chi connectivity index (χ0v) is 10.8. The molecule has 0 aliphatic heterocycles. The molecule has 0 nitrogen and oxygen atoms in total. The summed E-state index contributed by atoms with van der Waals surface area (Å²) in [6.07, 6.45) is 0. The van der Waals surface area contributed by atoms with Crippen LogP contribution in [0.4, 0.5) is 0 Å². The summed E-state index contributed by atoms with van der Waals surface area (Å²) in [5.74, 6) is 0. The second-order valence-corrected chi connectivity index (χ2v) is 0. The number of hydrogen-bond donors (Lipinski definition) is 0. The van der Waals surface area contributed by atoms with Crippen molar-refractivity contribution in [1.82, 2.24) is 0 Å². The molecule has 0 amide bonds. The summed E-state index contributed by atoms with van der Waals surface area (Å²) in [5, 5.41) is 0. The molecule has 4 heteroatoms. The summed E-state index contributed by atoms with van der Waals surface area (Å²) in [6, 6.07) is 0. The van der Waals surface area contributed by atoms with Crippen LogP contribution in [-0.2, 0) is 63.2 Å². The standard InChI is InChI=1S/Ga.3Pt. The first kappa shape index (κ1) is 29.9. The molecular weight excluding hydrogens is 655 g/mol. The molecular formula is GaPt3. The van der Waals surface area contributed by atoms with Crippen LogP contribution in [0.25, 0.3) is 0 Å². The topological polar surface area (TPSA) is 0 Å². The van der Waals surface area contributed by atoms with Gasteiger partial charge in [-0.25, -0.2) is 0 Å². The van der Waals surface area contributed by atoms with Gasteiger partial charge in [0.05, 0.1) is 0 Å². The minimum atomic E-state index is 0. The van der Waals surface area contributed by atoms with E-state index in [0.717, 1.165) is 0 Å². The molecule has 0 aliphatic rings. The monoisotopic (exact) mass is 654 g/mol. The van der Waals surface area contributed by atoms with Crippen molar-refractivity contribution in [1.29, 1.82) is 0 Å². The van der Waals surface area contributed by atoms with E-state index in [2.05, 4.69) is 0 Å². The van der Waals surface area contributed by atoms with Crippen LogP contribution in [0.15, 0.2) is 0 Å². The van der Waals surface area contributed by atoms with Crippen molar-refractivity contribution in [2.45, 2.75) is 0 Å². The summed E-state index contributed by atoms with van der Waals surface area (Å²) in [6.45, 7) is 0. The van der Waals surface area contributed by atoms with Gasteiger partial charge in [-0.2, -0.15) is 0 Å². The van der Waals surface area contributed by atoms with E-state index in [1.807, 2.05) is 0 Å². The van der Waals surface area contributed by atoms with E-state index in [9.17, 15) is 0 Å². The minimum Gasteiger partial charge on any atom is 0 e. The van der Waals surface area contributed by atoms with Gasteiger partial charge in [0, 0.05) is 83.0 Å². The summed E-state index contributed by atoms with van der Waals surface area (Å²) in [5.41, 5.74) is 0. The van der Waals surface area contributed by atoms with Gasteiger partial charge in [0.25, 0.3) is 0 Å². The Bertz CT molecular complexity index is 3.25. The van der Waals surface area contributed by atoms with Crippen LogP contribution in [0.1, 0.15) is 0 Å². The Morgan fingerprint density at radius 1 is 0.500 bits per heavy atom. The molecule has 0 aromatic heterocycles. The van der Waals surface area contributed by atoms with Crippen LogP contribution in [-0.4, -0.2) is 19.8 Å². The molecule has 0 spiro atoms. The number of rotatable bonds is 0. The van der Waals surface area contributed by atoms with E-state index < -0.39 is 0 Å². The van der Waals surface area contributed by atoms with Crippen LogP contribution in [0.3, 0.4) is 0 Å². The normalized spacial score (nSPS) is 0. The molecule has 0 N–H and O–H groups in total. The molecule has 0 aliphatic carbocycles. The Balaban J connectivity index is 0. The third kappa shape index (κ3) is 8.83. The molecule has 0 aromatic rings. The summed E-state index contributed by atoms with van der Waals surface area (Å²) < 4.78 is 0. The zero-order chi connectivity index (χ0) is 0. The first-order valence-corrected chi connectivity index (χ1v) is 0. The average molecular weight is 655 g/mol. The average Bonchev–Trinajstić information content (AvgIpc) is 0. The van der Waals surface area contributed by atoms with Crippen LogP contribution < -0.4 is 0 Å². The third-order valence-corrected chi connectivity index (χ3v) is 0. The van der Waals surface area contributed by atoms with Crippen LogP contribution in [0.2, 0.25) is 0 Å². The van der Waals surface area contributed by atoms with Gasteiger partial charge >= 0.3 is 0 Å². The quantitative estimate of drug-likeness (QED) is 0.313. The van der Waals surface area contributed by atoms with Crippen molar-refractivity contribution in [2.24, 2.45) is 0 Å². The molecule has 0 fully saturated rings. The van der Waals surface area contributed by atoms with Gasteiger partial charge in [0.2, 0.25) is 0 Å². The third-order valence-electron chi connectivity index (χ3n) is 0. The Morgan fingerprint density at radius 2 is 0.500 bits per heavy atom. The molecule has 0 rings (SSSR count). The summed E-state index contributed by atoms with van der Waals surface area (Å²) in [7, 11) is 0. The van der Waals surface area contributed by atoms with E-state index in [4.69, 9.17) is 0 Å². The Morgan fingerprint density at radius 3 is 0.500 bits per heavy atom. The Labute approximate surface area is 81.7 Å². The molecule has 0 atom stereocenters. The molecule has 0 aromatic carbocycles. The largest absolute Gasteiger partial charge is 0 e. The van der Waals surface area contributed by atoms with Gasteiger partial charge < -0.3 is 0 Å². The maximum absolute atomic E-state index is 0. The van der Waals surface area contributed by atoms with E-state index in [-0.39, 0.29) is 83.0 Å². The van der Waals surface area contributed by atoms with Gasteiger partial charge in [0.15, 0.2) is 0 Å². The molecule has 0 saturated heterocycles. The van der Waals surface area contributed by atoms with Gasteiger partial charge in [0.1, 0.15) is 0 Å². The van der Waals surface area contributed by atoms with E-state index in [1.165, 1.54) is 0 Å². The van der Waals surface area contributed by atoms with Crippen molar-refractivity contribution in [2.75, 3.05) is 0 Å². The molecule has 0 bridgehead atoms. The molecule has 33 valence electrons. The maximum Gasteiger partial charge on any atom is 0 e. The summed E-state index contributed by atoms with van der Waals surface area (Å²) in [4.78, 5) is 0. The Kier molecular flexibility index (Phi) is 129. The van der Waals surface area contributed by atoms with E-state index >= 15 is 0 Å². The first-order chi connectivity index (χ1) is 0. The molecule has 0 unspecified atom stereocenters. The van der Waals surface area contributed by atoms with E-state index in [1.54, 1.807) is 0 Å². The van der Waals surface area contributed by atoms with Gasteiger partial charge in [-0.3, -0.25) is 0 Å². The second-order valence-electron chi connectivity index (χ2n) is 0. The predicted octanol–water partition coefficient (Wildman–Crippen LogP) is -0.388. The van der Waals surface area contributed by atoms with Crippen LogP contribution >= 0.6 is 0 Å². The fourth-order valence-corrected chi connectivity index (χ4v) is 0. The van der Waals surface area contributed by atoms with E-state index in [0.29, 0.717) is 0 Å². The Hall–Kier alpha value is 2.70. The minimum absolute atomic E-state index is 0. The smallest absolute Gasteiger partial charge is 0 e. The predicted molar refractivity (Wildman–Crippen MR) is 5.75 cm³/mol. The van der Waals surface area contributed by atoms with Crippen molar-refractivity contribution in [3.05, 3.63) is 0 Å². The van der Waals surface area contributed by atoms with Crippen molar-refractivity contribution in [3.63, 3.8) is 0 Å². The fourth-order valence-electron chi connectivity index (χ4n) is 0. The second kappa shape index (κ2) is 17.3. The maximum atomic E-state index is 0.